The van der Waals surface area contributed by atoms with Crippen LogP contribution in [0.4, 0.5) is 10.5 Å². The highest BCUT2D eigenvalue weighted by Gasteiger charge is 2.04. The number of carboxylic acid groups (broad SMARTS) is 1. The Bertz CT molecular complexity index is 1060. The van der Waals surface area contributed by atoms with Gasteiger partial charge in [0.1, 0.15) is 12.4 Å². The van der Waals surface area contributed by atoms with Crippen molar-refractivity contribution in [2.45, 2.75) is 13.5 Å². The first-order valence-corrected chi connectivity index (χ1v) is 9.22. The zero-order valence-electron chi connectivity index (χ0n) is 16.3. The van der Waals surface area contributed by atoms with Crippen molar-refractivity contribution in [2.75, 3.05) is 5.32 Å². The minimum atomic E-state index is -0.971. The van der Waals surface area contributed by atoms with E-state index in [0.29, 0.717) is 5.75 Å². The van der Waals surface area contributed by atoms with Crippen LogP contribution in [0.15, 0.2) is 77.9 Å². The van der Waals surface area contributed by atoms with Gasteiger partial charge in [-0.2, -0.15) is 5.10 Å². The van der Waals surface area contributed by atoms with Gasteiger partial charge in [-0.25, -0.2) is 15.0 Å². The summed E-state index contributed by atoms with van der Waals surface area (Å²) in [5.41, 5.74) is 5.88. The number of hydrogen-bond donors (Lipinski definition) is 3. The lowest BCUT2D eigenvalue weighted by Gasteiger charge is -2.07. The SMILES string of the molecule is Cc1ccccc1NC(=O)NN=Cc1ccc(OCc2cccc(C(=O)O)c2)cc1. The molecule has 0 radical (unpaired) electrons. The number of para-hydroxylation sites is 1. The molecule has 0 fully saturated rings. The second-order valence-electron chi connectivity index (χ2n) is 6.50. The lowest BCUT2D eigenvalue weighted by molar-refractivity contribution is 0.0696. The Morgan fingerprint density at radius 1 is 1.03 bits per heavy atom. The monoisotopic (exact) mass is 403 g/mol. The van der Waals surface area contributed by atoms with Gasteiger partial charge in [0.15, 0.2) is 0 Å². The van der Waals surface area contributed by atoms with Crippen LogP contribution in [0.25, 0.3) is 0 Å². The van der Waals surface area contributed by atoms with E-state index in [-0.39, 0.29) is 12.2 Å². The molecule has 0 saturated carbocycles. The highest BCUT2D eigenvalue weighted by Crippen LogP contribution is 2.15. The van der Waals surface area contributed by atoms with Crippen molar-refractivity contribution in [1.82, 2.24) is 5.43 Å². The van der Waals surface area contributed by atoms with E-state index in [0.717, 1.165) is 22.4 Å². The van der Waals surface area contributed by atoms with Crippen molar-refractivity contribution in [3.8, 4) is 5.75 Å². The largest absolute Gasteiger partial charge is 0.489 e. The number of aryl methyl sites for hydroxylation is 1. The Balaban J connectivity index is 1.49. The van der Waals surface area contributed by atoms with Crippen molar-refractivity contribution in [2.24, 2.45) is 5.10 Å². The minimum Gasteiger partial charge on any atom is -0.489 e. The zero-order valence-corrected chi connectivity index (χ0v) is 16.3. The van der Waals surface area contributed by atoms with Crippen LogP contribution in [0, 0.1) is 6.92 Å². The maximum Gasteiger partial charge on any atom is 0.339 e. The number of nitrogens with zero attached hydrogens (tertiary/aromatic N) is 1. The number of amides is 2. The molecule has 3 N–H and O–H groups in total. The summed E-state index contributed by atoms with van der Waals surface area (Å²) < 4.78 is 5.68. The molecule has 7 heteroatoms. The van der Waals surface area contributed by atoms with E-state index in [4.69, 9.17) is 9.84 Å². The Morgan fingerprint density at radius 3 is 2.53 bits per heavy atom. The fraction of sp³-hybridized carbons (Fsp3) is 0.0870. The normalized spacial score (nSPS) is 10.6. The molecule has 7 nitrogen and oxygen atoms in total. The van der Waals surface area contributed by atoms with Crippen LogP contribution in [0.5, 0.6) is 5.75 Å². The van der Waals surface area contributed by atoms with Gasteiger partial charge in [0.2, 0.25) is 0 Å². The molecule has 0 heterocycles. The second kappa shape index (κ2) is 9.88. The van der Waals surface area contributed by atoms with Gasteiger partial charge in [0.25, 0.3) is 0 Å². The molecule has 3 rings (SSSR count). The number of hydrogen-bond acceptors (Lipinski definition) is 4. The Morgan fingerprint density at radius 2 is 1.80 bits per heavy atom. The number of rotatable bonds is 7. The highest BCUT2D eigenvalue weighted by molar-refractivity contribution is 5.91. The third-order valence-corrected chi connectivity index (χ3v) is 4.23. The Hall–Kier alpha value is -4.13. The summed E-state index contributed by atoms with van der Waals surface area (Å²) in [6.07, 6.45) is 1.53. The van der Waals surface area contributed by atoms with E-state index in [2.05, 4.69) is 15.8 Å². The average Bonchev–Trinajstić information content (AvgIpc) is 2.75. The molecule has 0 unspecified atom stereocenters. The van der Waals surface area contributed by atoms with E-state index < -0.39 is 12.0 Å². The molecule has 3 aromatic rings. The molecular formula is C23H21N3O4. The third kappa shape index (κ3) is 5.93. The number of nitrogens with one attached hydrogen (secondary N) is 2. The summed E-state index contributed by atoms with van der Waals surface area (Å²) in [5.74, 6) is -0.334. The van der Waals surface area contributed by atoms with Crippen molar-refractivity contribution >= 4 is 23.9 Å². The van der Waals surface area contributed by atoms with Crippen molar-refractivity contribution in [3.63, 3.8) is 0 Å². The molecule has 0 aromatic heterocycles. The second-order valence-corrected chi connectivity index (χ2v) is 6.50. The van der Waals surface area contributed by atoms with E-state index in [1.54, 1.807) is 42.5 Å². The fourth-order valence-corrected chi connectivity index (χ4v) is 2.64. The van der Waals surface area contributed by atoms with Crippen LogP contribution < -0.4 is 15.5 Å². The molecule has 0 aliphatic rings. The summed E-state index contributed by atoms with van der Waals surface area (Å²) >= 11 is 0. The minimum absolute atomic E-state index is 0.224. The molecule has 0 bridgehead atoms. The van der Waals surface area contributed by atoms with Gasteiger partial charge in [0.05, 0.1) is 11.8 Å². The molecule has 0 spiro atoms. The molecule has 0 aliphatic heterocycles. The molecular weight excluding hydrogens is 382 g/mol. The quantitative estimate of drug-likeness (QED) is 0.401. The number of hydrazone groups is 1. The fourth-order valence-electron chi connectivity index (χ4n) is 2.64. The number of urea groups is 1. The standard InChI is InChI=1S/C23H21N3O4/c1-16-5-2-3-8-21(16)25-23(29)26-24-14-17-9-11-20(12-10-17)30-15-18-6-4-7-19(13-18)22(27)28/h2-14H,15H2,1H3,(H,27,28)(H2,25,26,29). The van der Waals surface area contributed by atoms with Crippen molar-refractivity contribution < 1.29 is 19.4 Å². The summed E-state index contributed by atoms with van der Waals surface area (Å²) in [6, 6.07) is 20.8. The number of benzene rings is 3. The summed E-state index contributed by atoms with van der Waals surface area (Å²) in [5, 5.41) is 15.7. The molecule has 3 aromatic carbocycles. The van der Waals surface area contributed by atoms with Gasteiger partial charge in [-0.05, 0) is 66.1 Å². The maximum atomic E-state index is 11.9. The van der Waals surface area contributed by atoms with Gasteiger partial charge in [0, 0.05) is 5.69 Å². The molecule has 2 amide bonds. The van der Waals surface area contributed by atoms with Crippen molar-refractivity contribution in [1.29, 1.82) is 0 Å². The molecule has 0 atom stereocenters. The van der Waals surface area contributed by atoms with Crippen LogP contribution in [-0.4, -0.2) is 23.3 Å². The topological polar surface area (TPSA) is 100 Å². The van der Waals surface area contributed by atoms with Crippen LogP contribution in [0.2, 0.25) is 0 Å². The predicted molar refractivity (Wildman–Crippen MR) is 115 cm³/mol. The van der Waals surface area contributed by atoms with Gasteiger partial charge in [-0.1, -0.05) is 30.3 Å². The number of carboxylic acids is 1. The smallest absolute Gasteiger partial charge is 0.339 e. The number of carbonyl (C=O) groups excluding carboxylic acids is 1. The van der Waals surface area contributed by atoms with Crippen LogP contribution >= 0.6 is 0 Å². The predicted octanol–water partition coefficient (Wildman–Crippen LogP) is 4.43. The number of anilines is 1. The van der Waals surface area contributed by atoms with Crippen LogP contribution in [-0.2, 0) is 6.61 Å². The average molecular weight is 403 g/mol. The molecule has 0 aliphatic carbocycles. The molecule has 152 valence electrons. The number of aromatic carboxylic acids is 1. The summed E-state index contributed by atoms with van der Waals surface area (Å²) in [7, 11) is 0. The van der Waals surface area contributed by atoms with E-state index in [1.807, 2.05) is 31.2 Å². The third-order valence-electron chi connectivity index (χ3n) is 4.23. The van der Waals surface area contributed by atoms with E-state index in [1.165, 1.54) is 12.3 Å². The summed E-state index contributed by atoms with van der Waals surface area (Å²) in [6.45, 7) is 2.17. The number of ether oxygens (including phenoxy) is 1. The lowest BCUT2D eigenvalue weighted by atomic mass is 10.1. The molecule has 0 saturated heterocycles. The Labute approximate surface area is 174 Å². The Kier molecular flexibility index (Phi) is 6.78. The first-order chi connectivity index (χ1) is 14.5. The first-order valence-electron chi connectivity index (χ1n) is 9.22. The lowest BCUT2D eigenvalue weighted by Crippen LogP contribution is -2.24. The van der Waals surface area contributed by atoms with E-state index >= 15 is 0 Å². The number of carbonyl (C=O) groups is 2. The van der Waals surface area contributed by atoms with E-state index in [9.17, 15) is 9.59 Å². The summed E-state index contributed by atoms with van der Waals surface area (Å²) in [4.78, 5) is 22.9. The van der Waals surface area contributed by atoms with Crippen molar-refractivity contribution in [3.05, 3.63) is 95.1 Å². The van der Waals surface area contributed by atoms with Gasteiger partial charge in [-0.15, -0.1) is 0 Å². The highest BCUT2D eigenvalue weighted by atomic mass is 16.5. The maximum absolute atomic E-state index is 11.9. The van der Waals surface area contributed by atoms with Gasteiger partial charge >= 0.3 is 12.0 Å². The van der Waals surface area contributed by atoms with Crippen LogP contribution in [0.3, 0.4) is 0 Å². The zero-order chi connectivity index (χ0) is 21.3. The van der Waals surface area contributed by atoms with Crippen LogP contribution in [0.1, 0.15) is 27.0 Å². The van der Waals surface area contributed by atoms with Gasteiger partial charge in [-0.3, -0.25) is 0 Å². The van der Waals surface area contributed by atoms with Gasteiger partial charge < -0.3 is 15.2 Å². The molecule has 30 heavy (non-hydrogen) atoms. The first kappa shape index (κ1) is 20.6.